The maximum Gasteiger partial charge on any atom is 0.326 e. The molecule has 1 N–H and O–H groups in total. The molecule has 0 aromatic heterocycles. The molecule has 0 radical (unpaired) electrons. The van der Waals surface area contributed by atoms with Gasteiger partial charge in [0.05, 0.1) is 0 Å². The second-order valence-corrected chi connectivity index (χ2v) is 6.21. The molecule has 4 unspecified atom stereocenters. The number of carboxylic acid groups (broad SMARTS) is 1. The van der Waals surface area contributed by atoms with Crippen LogP contribution in [0, 0.1) is 17.8 Å². The highest BCUT2D eigenvalue weighted by Gasteiger charge is 2.40. The van der Waals surface area contributed by atoms with Gasteiger partial charge in [-0.05, 0) is 31.6 Å². The van der Waals surface area contributed by atoms with Gasteiger partial charge in [-0.15, -0.1) is 0 Å². The lowest BCUT2D eigenvalue weighted by molar-refractivity contribution is -0.152. The lowest BCUT2D eigenvalue weighted by atomic mass is 9.65. The van der Waals surface area contributed by atoms with Crippen LogP contribution in [0.1, 0.15) is 51.9 Å². The van der Waals surface area contributed by atoms with E-state index in [1.165, 1.54) is 30.6 Å². The molecule has 0 heterocycles. The van der Waals surface area contributed by atoms with E-state index in [2.05, 4.69) is 0 Å². The third kappa shape index (κ3) is 2.93. The Kier molecular flexibility index (Phi) is 4.48. The van der Waals surface area contributed by atoms with E-state index in [1.54, 1.807) is 14.0 Å². The van der Waals surface area contributed by atoms with Gasteiger partial charge in [0.2, 0.25) is 5.91 Å². The fourth-order valence-corrected chi connectivity index (χ4v) is 3.86. The molecule has 0 aromatic carbocycles. The normalized spacial score (nSPS) is 32.2. The molecular formula is C15H25NO3. The molecule has 0 spiro atoms. The fraction of sp³-hybridized carbons (Fsp3) is 0.867. The van der Waals surface area contributed by atoms with Gasteiger partial charge in [-0.3, -0.25) is 4.79 Å². The molecule has 108 valence electrons. The molecule has 0 bridgehead atoms. The average molecular weight is 267 g/mol. The highest BCUT2D eigenvalue weighted by Crippen LogP contribution is 2.44. The summed E-state index contributed by atoms with van der Waals surface area (Å²) in [5, 5.41) is 9.04. The molecule has 2 rings (SSSR count). The summed E-state index contributed by atoms with van der Waals surface area (Å²) in [6, 6.07) is -0.725. The van der Waals surface area contributed by atoms with E-state index in [9.17, 15) is 9.59 Å². The van der Waals surface area contributed by atoms with Crippen LogP contribution in [0.4, 0.5) is 0 Å². The van der Waals surface area contributed by atoms with Gasteiger partial charge in [0.1, 0.15) is 6.04 Å². The summed E-state index contributed by atoms with van der Waals surface area (Å²) in [6.45, 7) is 1.58. The Morgan fingerprint density at radius 3 is 2.42 bits per heavy atom. The van der Waals surface area contributed by atoms with Crippen molar-refractivity contribution in [2.24, 2.45) is 17.8 Å². The zero-order valence-corrected chi connectivity index (χ0v) is 12.0. The minimum Gasteiger partial charge on any atom is -0.480 e. The molecule has 2 aliphatic rings. The van der Waals surface area contributed by atoms with Crippen LogP contribution in [0.3, 0.4) is 0 Å². The van der Waals surface area contributed by atoms with E-state index in [4.69, 9.17) is 5.11 Å². The fourth-order valence-electron chi connectivity index (χ4n) is 3.86. The molecule has 0 saturated heterocycles. The molecule has 19 heavy (non-hydrogen) atoms. The molecule has 2 fully saturated rings. The van der Waals surface area contributed by atoms with Crippen molar-refractivity contribution in [1.29, 1.82) is 0 Å². The number of rotatable bonds is 3. The second-order valence-electron chi connectivity index (χ2n) is 6.21. The van der Waals surface area contributed by atoms with E-state index in [1.807, 2.05) is 0 Å². The zero-order valence-electron chi connectivity index (χ0n) is 12.0. The number of aliphatic carboxylic acids is 1. The Bertz CT molecular complexity index is 353. The molecule has 2 saturated carbocycles. The maximum absolute atomic E-state index is 12.6. The van der Waals surface area contributed by atoms with Crippen molar-refractivity contribution in [1.82, 2.24) is 4.90 Å². The van der Waals surface area contributed by atoms with Crippen LogP contribution in [0.5, 0.6) is 0 Å². The number of fused-ring (bicyclic) bond motifs is 1. The number of carbonyl (C=O) groups excluding carboxylic acids is 1. The number of hydrogen-bond acceptors (Lipinski definition) is 2. The van der Waals surface area contributed by atoms with Gasteiger partial charge < -0.3 is 10.0 Å². The van der Waals surface area contributed by atoms with Crippen molar-refractivity contribution in [3.8, 4) is 0 Å². The van der Waals surface area contributed by atoms with Crippen LogP contribution in [0.2, 0.25) is 0 Å². The number of carbonyl (C=O) groups is 2. The minimum atomic E-state index is -0.924. The molecule has 0 aliphatic heterocycles. The molecule has 4 nitrogen and oxygen atoms in total. The third-order valence-corrected chi connectivity index (χ3v) is 5.18. The Balaban J connectivity index is 2.06. The summed E-state index contributed by atoms with van der Waals surface area (Å²) in [5.74, 6) is 0.382. The number of nitrogens with zero attached hydrogens (tertiary/aromatic N) is 1. The van der Waals surface area contributed by atoms with Gasteiger partial charge in [-0.2, -0.15) is 0 Å². The maximum atomic E-state index is 12.6. The number of carboxylic acids is 1. The first kappa shape index (κ1) is 14.4. The second kappa shape index (κ2) is 5.93. The van der Waals surface area contributed by atoms with E-state index in [0.29, 0.717) is 11.8 Å². The van der Waals surface area contributed by atoms with Crippen LogP contribution < -0.4 is 0 Å². The lowest BCUT2D eigenvalue weighted by Gasteiger charge is -2.42. The van der Waals surface area contributed by atoms with Gasteiger partial charge in [0, 0.05) is 13.0 Å². The first-order chi connectivity index (χ1) is 9.02. The third-order valence-electron chi connectivity index (χ3n) is 5.18. The van der Waals surface area contributed by atoms with Crippen molar-refractivity contribution in [2.45, 2.75) is 57.9 Å². The Morgan fingerprint density at radius 1 is 1.11 bits per heavy atom. The van der Waals surface area contributed by atoms with Crippen LogP contribution in [-0.4, -0.2) is 35.0 Å². The summed E-state index contributed by atoms with van der Waals surface area (Å²) < 4.78 is 0. The summed E-state index contributed by atoms with van der Waals surface area (Å²) >= 11 is 0. The van der Waals surface area contributed by atoms with Crippen molar-refractivity contribution < 1.29 is 14.7 Å². The number of hydrogen-bond donors (Lipinski definition) is 1. The quantitative estimate of drug-likeness (QED) is 0.854. The average Bonchev–Trinajstić information content (AvgIpc) is 2.44. The summed E-state index contributed by atoms with van der Waals surface area (Å²) in [7, 11) is 1.63. The van der Waals surface area contributed by atoms with Crippen LogP contribution in [-0.2, 0) is 9.59 Å². The molecule has 4 atom stereocenters. The lowest BCUT2D eigenvalue weighted by Crippen LogP contribution is -2.47. The van der Waals surface area contributed by atoms with Crippen LogP contribution in [0.25, 0.3) is 0 Å². The number of likely N-dealkylation sites (N-methyl/N-ethyl adjacent to an activating group) is 1. The molecule has 0 aromatic rings. The largest absolute Gasteiger partial charge is 0.480 e. The molecule has 1 amide bonds. The predicted octanol–water partition coefficient (Wildman–Crippen LogP) is 2.52. The van der Waals surface area contributed by atoms with E-state index in [-0.39, 0.29) is 11.8 Å². The molecular weight excluding hydrogens is 242 g/mol. The van der Waals surface area contributed by atoms with Crippen molar-refractivity contribution in [2.75, 3.05) is 7.05 Å². The van der Waals surface area contributed by atoms with Gasteiger partial charge in [-0.1, -0.05) is 32.1 Å². The Labute approximate surface area is 115 Å². The summed E-state index contributed by atoms with van der Waals surface area (Å²) in [5.41, 5.74) is 0. The first-order valence-corrected chi connectivity index (χ1v) is 7.52. The van der Waals surface area contributed by atoms with Gasteiger partial charge in [0.25, 0.3) is 0 Å². The van der Waals surface area contributed by atoms with Crippen molar-refractivity contribution in [3.63, 3.8) is 0 Å². The topological polar surface area (TPSA) is 57.6 Å². The van der Waals surface area contributed by atoms with Gasteiger partial charge in [0.15, 0.2) is 0 Å². The van der Waals surface area contributed by atoms with Crippen molar-refractivity contribution in [3.05, 3.63) is 0 Å². The number of amides is 1. The summed E-state index contributed by atoms with van der Waals surface area (Å²) in [6.07, 6.45) is 8.24. The highest BCUT2D eigenvalue weighted by molar-refractivity contribution is 5.84. The van der Waals surface area contributed by atoms with E-state index in [0.717, 1.165) is 19.3 Å². The van der Waals surface area contributed by atoms with Gasteiger partial charge in [-0.25, -0.2) is 4.79 Å². The first-order valence-electron chi connectivity index (χ1n) is 7.52. The van der Waals surface area contributed by atoms with Gasteiger partial charge >= 0.3 is 5.97 Å². The zero-order chi connectivity index (χ0) is 14.0. The summed E-state index contributed by atoms with van der Waals surface area (Å²) in [4.78, 5) is 25.0. The molecule has 2 aliphatic carbocycles. The van der Waals surface area contributed by atoms with E-state index < -0.39 is 12.0 Å². The van der Waals surface area contributed by atoms with Crippen molar-refractivity contribution >= 4 is 11.9 Å². The predicted molar refractivity (Wildman–Crippen MR) is 72.7 cm³/mol. The van der Waals surface area contributed by atoms with Crippen LogP contribution in [0.15, 0.2) is 0 Å². The van der Waals surface area contributed by atoms with Crippen LogP contribution >= 0.6 is 0 Å². The van der Waals surface area contributed by atoms with E-state index >= 15 is 0 Å². The molecule has 4 heteroatoms. The SMILES string of the molecule is CC(C(=O)O)N(C)C(=O)C1CCCC2CCCCC21. The smallest absolute Gasteiger partial charge is 0.326 e. The highest BCUT2D eigenvalue weighted by atomic mass is 16.4. The Hall–Kier alpha value is -1.06. The standard InChI is InChI=1S/C15H25NO3/c1-10(15(18)19)16(2)14(17)13-9-5-7-11-6-3-4-8-12(11)13/h10-13H,3-9H2,1-2H3,(H,18,19). The Morgan fingerprint density at radius 2 is 1.74 bits per heavy atom. The monoisotopic (exact) mass is 267 g/mol. The minimum absolute atomic E-state index is 0.0477.